The maximum Gasteiger partial charge on any atom is 0.111 e. The van der Waals surface area contributed by atoms with Crippen molar-refractivity contribution in [2.24, 2.45) is 11.3 Å². The van der Waals surface area contributed by atoms with Gasteiger partial charge >= 0.3 is 0 Å². The van der Waals surface area contributed by atoms with Crippen LogP contribution in [-0.4, -0.2) is 14.9 Å². The highest BCUT2D eigenvalue weighted by Crippen LogP contribution is 2.51. The van der Waals surface area contributed by atoms with Crippen molar-refractivity contribution < 1.29 is 5.11 Å². The smallest absolute Gasteiger partial charge is 0.111 e. The lowest BCUT2D eigenvalue weighted by Crippen LogP contribution is -2.46. The molecule has 1 aliphatic rings. The van der Waals surface area contributed by atoms with Crippen LogP contribution >= 0.6 is 15.9 Å². The summed E-state index contributed by atoms with van der Waals surface area (Å²) in [5.74, 6) is 0.259. The Bertz CT molecular complexity index is 475. The van der Waals surface area contributed by atoms with E-state index in [0.29, 0.717) is 0 Å². The van der Waals surface area contributed by atoms with E-state index >= 15 is 0 Å². The van der Waals surface area contributed by atoms with Crippen LogP contribution in [0.5, 0.6) is 0 Å². The van der Waals surface area contributed by atoms with Gasteiger partial charge in [0.2, 0.25) is 0 Å². The Morgan fingerprint density at radius 3 is 2.60 bits per heavy atom. The van der Waals surface area contributed by atoms with E-state index in [1.807, 2.05) is 10.9 Å². The average Bonchev–Trinajstić information content (AvgIpc) is 2.71. The first-order valence-electron chi connectivity index (χ1n) is 7.64. The molecule has 2 rings (SSSR count). The van der Waals surface area contributed by atoms with E-state index in [9.17, 15) is 5.11 Å². The first-order chi connectivity index (χ1) is 9.18. The van der Waals surface area contributed by atoms with Gasteiger partial charge in [0, 0.05) is 6.04 Å². The average molecular weight is 343 g/mol. The molecule has 3 nitrogen and oxygen atoms in total. The number of aromatic nitrogens is 2. The lowest BCUT2D eigenvalue weighted by Gasteiger charge is -2.47. The second kappa shape index (κ2) is 5.45. The molecular formula is C16H27BrN2O. The van der Waals surface area contributed by atoms with Crippen LogP contribution < -0.4 is 0 Å². The van der Waals surface area contributed by atoms with Crippen molar-refractivity contribution >= 4 is 15.9 Å². The fraction of sp³-hybridized carbons (Fsp3) is 0.812. The highest BCUT2D eigenvalue weighted by atomic mass is 79.9. The second-order valence-electron chi connectivity index (χ2n) is 7.47. The molecular weight excluding hydrogens is 316 g/mol. The number of nitrogens with zero attached hydrogens (tertiary/aromatic N) is 2. The first kappa shape index (κ1) is 16.0. The quantitative estimate of drug-likeness (QED) is 0.849. The van der Waals surface area contributed by atoms with Crippen LogP contribution in [0.25, 0.3) is 0 Å². The molecule has 0 aromatic carbocycles. The summed E-state index contributed by atoms with van der Waals surface area (Å²) < 4.78 is 2.92. The zero-order valence-electron chi connectivity index (χ0n) is 13.3. The van der Waals surface area contributed by atoms with Gasteiger partial charge in [-0.3, -0.25) is 4.68 Å². The number of rotatable bonds is 2. The van der Waals surface area contributed by atoms with E-state index in [1.165, 1.54) is 6.42 Å². The van der Waals surface area contributed by atoms with Gasteiger partial charge in [-0.05, 0) is 54.0 Å². The minimum absolute atomic E-state index is 0.0840. The zero-order valence-corrected chi connectivity index (χ0v) is 14.9. The molecule has 0 saturated heterocycles. The van der Waals surface area contributed by atoms with Crippen LogP contribution in [0.1, 0.15) is 72.0 Å². The maximum atomic E-state index is 11.5. The molecule has 1 fully saturated rings. The van der Waals surface area contributed by atoms with Crippen LogP contribution in [0.3, 0.4) is 0 Å². The molecule has 0 amide bonds. The van der Waals surface area contributed by atoms with Crippen molar-refractivity contribution in [3.63, 3.8) is 0 Å². The van der Waals surface area contributed by atoms with Crippen molar-refractivity contribution in [3.05, 3.63) is 16.4 Å². The van der Waals surface area contributed by atoms with Gasteiger partial charge in [0.1, 0.15) is 5.60 Å². The van der Waals surface area contributed by atoms with Crippen molar-refractivity contribution in [1.82, 2.24) is 9.78 Å². The predicted molar refractivity (Wildman–Crippen MR) is 85.6 cm³/mol. The molecule has 1 aliphatic carbocycles. The lowest BCUT2D eigenvalue weighted by molar-refractivity contribution is -0.103. The Labute approximate surface area is 130 Å². The Morgan fingerprint density at radius 2 is 2.05 bits per heavy atom. The van der Waals surface area contributed by atoms with Crippen LogP contribution in [-0.2, 0) is 5.60 Å². The Morgan fingerprint density at radius 1 is 1.40 bits per heavy atom. The topological polar surface area (TPSA) is 38.0 Å². The van der Waals surface area contributed by atoms with Crippen LogP contribution in [0.4, 0.5) is 0 Å². The summed E-state index contributed by atoms with van der Waals surface area (Å²) in [6, 6.07) is 0.253. The fourth-order valence-corrected chi connectivity index (χ4v) is 4.34. The normalized spacial score (nSPS) is 28.1. The third-order valence-electron chi connectivity index (χ3n) is 4.57. The number of aliphatic hydroxyl groups is 1. The molecule has 2 unspecified atom stereocenters. The maximum absolute atomic E-state index is 11.5. The van der Waals surface area contributed by atoms with Gasteiger partial charge in [-0.2, -0.15) is 5.10 Å². The van der Waals surface area contributed by atoms with E-state index < -0.39 is 5.60 Å². The molecule has 4 heteroatoms. The largest absolute Gasteiger partial charge is 0.383 e. The van der Waals surface area contributed by atoms with E-state index in [2.05, 4.69) is 55.6 Å². The summed E-state index contributed by atoms with van der Waals surface area (Å²) in [6.45, 7) is 10.9. The highest BCUT2D eigenvalue weighted by Gasteiger charge is 2.48. The van der Waals surface area contributed by atoms with Crippen molar-refractivity contribution in [2.75, 3.05) is 0 Å². The summed E-state index contributed by atoms with van der Waals surface area (Å²) in [4.78, 5) is 0. The van der Waals surface area contributed by atoms with Gasteiger partial charge in [-0.25, -0.2) is 0 Å². The molecule has 0 aliphatic heterocycles. The Balaban J connectivity index is 2.54. The second-order valence-corrected chi connectivity index (χ2v) is 8.32. The molecule has 1 saturated carbocycles. The first-order valence-corrected chi connectivity index (χ1v) is 8.43. The van der Waals surface area contributed by atoms with Crippen LogP contribution in [0.2, 0.25) is 0 Å². The van der Waals surface area contributed by atoms with E-state index in [0.717, 1.165) is 29.4 Å². The zero-order chi connectivity index (χ0) is 15.1. The molecule has 2 atom stereocenters. The van der Waals surface area contributed by atoms with Crippen molar-refractivity contribution in [3.8, 4) is 0 Å². The van der Waals surface area contributed by atoms with Crippen LogP contribution in [0, 0.1) is 11.3 Å². The van der Waals surface area contributed by atoms with Gasteiger partial charge < -0.3 is 5.11 Å². The van der Waals surface area contributed by atoms with Gasteiger partial charge in [0.25, 0.3) is 0 Å². The lowest BCUT2D eigenvalue weighted by atomic mass is 9.62. The minimum atomic E-state index is -0.782. The molecule has 0 radical (unpaired) electrons. The Kier molecular flexibility index (Phi) is 4.37. The van der Waals surface area contributed by atoms with E-state index in [-0.39, 0.29) is 17.4 Å². The van der Waals surface area contributed by atoms with Crippen LogP contribution in [0.15, 0.2) is 10.7 Å². The molecule has 0 spiro atoms. The minimum Gasteiger partial charge on any atom is -0.383 e. The summed E-state index contributed by atoms with van der Waals surface area (Å²) in [7, 11) is 0. The van der Waals surface area contributed by atoms with Gasteiger partial charge in [-0.1, -0.05) is 33.6 Å². The molecule has 1 aromatic rings. The molecule has 20 heavy (non-hydrogen) atoms. The van der Waals surface area contributed by atoms with Gasteiger partial charge in [-0.15, -0.1) is 0 Å². The van der Waals surface area contributed by atoms with Crippen molar-refractivity contribution in [2.45, 2.75) is 71.9 Å². The molecule has 0 bridgehead atoms. The molecule has 114 valence electrons. The standard InChI is InChI=1S/C16H27BrN2O/c1-11(2)19-14(12(17)10-18-19)16(20)9-7-6-8-13(16)15(3,4)5/h10-11,13,20H,6-9H2,1-5H3. The van der Waals surface area contributed by atoms with Crippen molar-refractivity contribution in [1.29, 1.82) is 0 Å². The third-order valence-corrected chi connectivity index (χ3v) is 5.15. The number of hydrogen-bond acceptors (Lipinski definition) is 2. The summed E-state index contributed by atoms with van der Waals surface area (Å²) in [5, 5.41) is 16.0. The summed E-state index contributed by atoms with van der Waals surface area (Å²) >= 11 is 3.61. The molecule has 1 N–H and O–H groups in total. The fourth-order valence-electron chi connectivity index (χ4n) is 3.73. The summed E-state index contributed by atoms with van der Waals surface area (Å²) in [6.07, 6.45) is 6.01. The van der Waals surface area contributed by atoms with Gasteiger partial charge in [0.05, 0.1) is 16.4 Å². The van der Waals surface area contributed by atoms with E-state index in [1.54, 1.807) is 0 Å². The number of halogens is 1. The summed E-state index contributed by atoms with van der Waals surface area (Å²) in [5.41, 5.74) is 0.267. The third kappa shape index (κ3) is 2.69. The van der Waals surface area contributed by atoms with E-state index in [4.69, 9.17) is 0 Å². The monoisotopic (exact) mass is 342 g/mol. The molecule has 1 heterocycles. The number of hydrogen-bond donors (Lipinski definition) is 1. The van der Waals surface area contributed by atoms with Gasteiger partial charge in [0.15, 0.2) is 0 Å². The SMILES string of the molecule is CC(C)n1ncc(Br)c1C1(O)CCCCC1C(C)(C)C. The molecule has 1 aromatic heterocycles. The Hall–Kier alpha value is -0.350. The highest BCUT2D eigenvalue weighted by molar-refractivity contribution is 9.10. The predicted octanol–water partition coefficient (Wildman–Crippen LogP) is 4.65.